The van der Waals surface area contributed by atoms with Crippen LogP contribution in [0.1, 0.15) is 37.5 Å². The second-order valence-electron chi connectivity index (χ2n) is 6.37. The van der Waals surface area contributed by atoms with Crippen LogP contribution in [0, 0.1) is 19.8 Å². The second-order valence-corrected chi connectivity index (χ2v) is 7.33. The summed E-state index contributed by atoms with van der Waals surface area (Å²) in [4.78, 5) is 28.2. The molecule has 25 heavy (non-hydrogen) atoms. The number of benzene rings is 1. The summed E-state index contributed by atoms with van der Waals surface area (Å²) < 4.78 is 0. The van der Waals surface area contributed by atoms with Crippen molar-refractivity contribution in [1.29, 1.82) is 0 Å². The number of aromatic nitrogens is 1. The number of fused-ring (bicyclic) bond motifs is 1. The Labute approximate surface area is 152 Å². The van der Waals surface area contributed by atoms with E-state index in [9.17, 15) is 9.59 Å². The summed E-state index contributed by atoms with van der Waals surface area (Å²) >= 11 is 1.39. The molecule has 5 nitrogen and oxygen atoms in total. The largest absolute Gasteiger partial charge is 0.273 e. The van der Waals surface area contributed by atoms with Gasteiger partial charge < -0.3 is 0 Å². The van der Waals surface area contributed by atoms with Crippen LogP contribution in [-0.2, 0) is 16.0 Å². The van der Waals surface area contributed by atoms with Gasteiger partial charge in [-0.15, -0.1) is 0 Å². The molecule has 0 radical (unpaired) electrons. The van der Waals surface area contributed by atoms with Crippen LogP contribution in [0.15, 0.2) is 23.2 Å². The van der Waals surface area contributed by atoms with Gasteiger partial charge in [-0.3, -0.25) is 20.4 Å². The summed E-state index contributed by atoms with van der Waals surface area (Å²) in [5, 5.41) is 1.99. The molecule has 2 N–H and O–H groups in total. The van der Waals surface area contributed by atoms with Crippen molar-refractivity contribution in [2.45, 2.75) is 46.1 Å². The minimum absolute atomic E-state index is 0.173. The molecule has 2 amide bonds. The van der Waals surface area contributed by atoms with Crippen molar-refractivity contribution in [2.24, 2.45) is 5.92 Å². The molecule has 2 aromatic rings. The summed E-state index contributed by atoms with van der Waals surface area (Å²) in [6, 6.07) is 6.35. The summed E-state index contributed by atoms with van der Waals surface area (Å²) in [5.41, 5.74) is 9.33. The summed E-state index contributed by atoms with van der Waals surface area (Å²) in [7, 11) is 0. The maximum absolute atomic E-state index is 12.0. The van der Waals surface area contributed by atoms with Crippen molar-refractivity contribution in [3.63, 3.8) is 0 Å². The van der Waals surface area contributed by atoms with Gasteiger partial charge in [0.05, 0.1) is 11.3 Å². The minimum atomic E-state index is -0.246. The number of pyridine rings is 1. The zero-order chi connectivity index (χ0) is 18.6. The number of hydrogen-bond donors (Lipinski definition) is 2. The fourth-order valence-electron chi connectivity index (χ4n) is 2.33. The molecule has 0 saturated carbocycles. The number of carbonyl (C=O) groups excluding carboxylic acids is 2. The molecule has 0 saturated heterocycles. The molecular weight excluding hydrogens is 334 g/mol. The van der Waals surface area contributed by atoms with Crippen LogP contribution in [0.4, 0.5) is 0 Å². The minimum Gasteiger partial charge on any atom is -0.273 e. The molecular formula is C19H25N3O2S. The Morgan fingerprint density at radius 1 is 1.20 bits per heavy atom. The lowest BCUT2D eigenvalue weighted by Crippen LogP contribution is -2.44. The van der Waals surface area contributed by atoms with E-state index < -0.39 is 0 Å². The van der Waals surface area contributed by atoms with Crippen LogP contribution in [0.5, 0.6) is 0 Å². The highest BCUT2D eigenvalue weighted by molar-refractivity contribution is 7.99. The Morgan fingerprint density at radius 2 is 1.92 bits per heavy atom. The van der Waals surface area contributed by atoms with E-state index in [1.807, 2.05) is 0 Å². The van der Waals surface area contributed by atoms with E-state index in [-0.39, 0.29) is 23.5 Å². The number of hydrazine groups is 1. The van der Waals surface area contributed by atoms with Gasteiger partial charge in [0.1, 0.15) is 5.03 Å². The molecule has 1 aromatic heterocycles. The van der Waals surface area contributed by atoms with Crippen LogP contribution in [0.3, 0.4) is 0 Å². The first-order valence-electron chi connectivity index (χ1n) is 8.44. The molecule has 134 valence electrons. The normalized spacial score (nSPS) is 11.0. The average molecular weight is 359 g/mol. The standard InChI is InChI=1S/C19H25N3O2S/c1-6-14-9-15-8-7-12(4)13(5)17(15)20-19(14)25-10-16(23)21-22-18(24)11(2)3/h7-9,11H,6,10H2,1-5H3,(H,21,23)(H,22,24). The summed E-state index contributed by atoms with van der Waals surface area (Å²) in [5.74, 6) is -0.422. The van der Waals surface area contributed by atoms with Gasteiger partial charge in [0.25, 0.3) is 0 Å². The fourth-order valence-corrected chi connectivity index (χ4v) is 3.22. The van der Waals surface area contributed by atoms with E-state index in [0.717, 1.165) is 33.5 Å². The molecule has 0 spiro atoms. The molecule has 1 heterocycles. The first-order chi connectivity index (χ1) is 11.8. The number of rotatable bonds is 5. The second kappa shape index (κ2) is 8.34. The number of aryl methyl sites for hydroxylation is 3. The van der Waals surface area contributed by atoms with Gasteiger partial charge in [-0.2, -0.15) is 0 Å². The SMILES string of the molecule is CCc1cc2ccc(C)c(C)c2nc1SCC(=O)NNC(=O)C(C)C. The molecule has 6 heteroatoms. The molecule has 0 unspecified atom stereocenters. The van der Waals surface area contributed by atoms with Gasteiger partial charge in [0.2, 0.25) is 11.8 Å². The van der Waals surface area contributed by atoms with Crippen molar-refractivity contribution in [3.8, 4) is 0 Å². The zero-order valence-electron chi connectivity index (χ0n) is 15.4. The molecule has 2 rings (SSSR count). The number of nitrogens with zero attached hydrogens (tertiary/aromatic N) is 1. The van der Waals surface area contributed by atoms with E-state index in [2.05, 4.69) is 49.8 Å². The molecule has 0 aliphatic heterocycles. The van der Waals surface area contributed by atoms with Gasteiger partial charge in [0.15, 0.2) is 0 Å². The lowest BCUT2D eigenvalue weighted by molar-refractivity contribution is -0.129. The Hall–Kier alpha value is -2.08. The third-order valence-electron chi connectivity index (χ3n) is 4.12. The first kappa shape index (κ1) is 19.2. The Kier molecular flexibility index (Phi) is 6.42. The van der Waals surface area contributed by atoms with Gasteiger partial charge >= 0.3 is 0 Å². The van der Waals surface area contributed by atoms with E-state index in [4.69, 9.17) is 4.98 Å². The van der Waals surface area contributed by atoms with Gasteiger partial charge in [-0.05, 0) is 43.0 Å². The molecule has 0 aliphatic rings. The van der Waals surface area contributed by atoms with Crippen molar-refractivity contribution in [1.82, 2.24) is 15.8 Å². The third-order valence-corrected chi connectivity index (χ3v) is 5.15. The van der Waals surface area contributed by atoms with Crippen LogP contribution < -0.4 is 10.9 Å². The molecule has 0 atom stereocenters. The Morgan fingerprint density at radius 3 is 2.56 bits per heavy atom. The molecule has 0 fully saturated rings. The van der Waals surface area contributed by atoms with Crippen molar-refractivity contribution in [2.75, 3.05) is 5.75 Å². The topological polar surface area (TPSA) is 71.1 Å². The lowest BCUT2D eigenvalue weighted by Gasteiger charge is -2.12. The number of thioether (sulfide) groups is 1. The average Bonchev–Trinajstić information content (AvgIpc) is 2.60. The highest BCUT2D eigenvalue weighted by Crippen LogP contribution is 2.28. The fraction of sp³-hybridized carbons (Fsp3) is 0.421. The van der Waals surface area contributed by atoms with Crippen LogP contribution in [0.2, 0.25) is 0 Å². The number of nitrogens with one attached hydrogen (secondary N) is 2. The maximum atomic E-state index is 12.0. The quantitative estimate of drug-likeness (QED) is 0.635. The first-order valence-corrected chi connectivity index (χ1v) is 9.43. The molecule has 1 aromatic carbocycles. The van der Waals surface area contributed by atoms with E-state index in [1.165, 1.54) is 17.3 Å². The van der Waals surface area contributed by atoms with Crippen LogP contribution in [-0.4, -0.2) is 22.6 Å². The monoisotopic (exact) mass is 359 g/mol. The lowest BCUT2D eigenvalue weighted by atomic mass is 10.0. The third kappa shape index (κ3) is 4.72. The number of amides is 2. The Bertz CT molecular complexity index is 803. The molecule has 0 bridgehead atoms. The van der Waals surface area contributed by atoms with E-state index in [0.29, 0.717) is 0 Å². The smallest absolute Gasteiger partial charge is 0.248 e. The van der Waals surface area contributed by atoms with Crippen molar-refractivity contribution >= 4 is 34.5 Å². The van der Waals surface area contributed by atoms with Crippen molar-refractivity contribution < 1.29 is 9.59 Å². The van der Waals surface area contributed by atoms with E-state index in [1.54, 1.807) is 13.8 Å². The van der Waals surface area contributed by atoms with Gasteiger partial charge in [-0.25, -0.2) is 4.98 Å². The van der Waals surface area contributed by atoms with Crippen molar-refractivity contribution in [3.05, 3.63) is 34.9 Å². The van der Waals surface area contributed by atoms with Crippen LogP contribution >= 0.6 is 11.8 Å². The zero-order valence-corrected chi connectivity index (χ0v) is 16.2. The number of carbonyl (C=O) groups is 2. The summed E-state index contributed by atoms with van der Waals surface area (Å²) in [6.45, 7) is 9.76. The summed E-state index contributed by atoms with van der Waals surface area (Å²) in [6.07, 6.45) is 0.851. The number of hydrogen-bond acceptors (Lipinski definition) is 4. The predicted octanol–water partition coefficient (Wildman–Crippen LogP) is 3.31. The van der Waals surface area contributed by atoms with Gasteiger partial charge in [0, 0.05) is 11.3 Å². The highest BCUT2D eigenvalue weighted by Gasteiger charge is 2.12. The van der Waals surface area contributed by atoms with Gasteiger partial charge in [-0.1, -0.05) is 44.7 Å². The van der Waals surface area contributed by atoms with E-state index >= 15 is 0 Å². The maximum Gasteiger partial charge on any atom is 0.248 e. The van der Waals surface area contributed by atoms with Crippen LogP contribution in [0.25, 0.3) is 10.9 Å². The highest BCUT2D eigenvalue weighted by atomic mass is 32.2. The predicted molar refractivity (Wildman–Crippen MR) is 102 cm³/mol. The Balaban J connectivity index is 2.13. The molecule has 0 aliphatic carbocycles.